The van der Waals surface area contributed by atoms with E-state index in [0.29, 0.717) is 17.9 Å². The number of nitrogens with zero attached hydrogens (tertiary/aromatic N) is 3. The van der Waals surface area contributed by atoms with Crippen molar-refractivity contribution in [3.8, 4) is 0 Å². The molecule has 3 nitrogen and oxygen atoms in total. The van der Waals surface area contributed by atoms with E-state index in [4.69, 9.17) is 16.6 Å². The normalized spacial score (nSPS) is 11.6. The molecular weight excluding hydrogens is 366 g/mol. The Kier molecular flexibility index (Phi) is 6.72. The summed E-state index contributed by atoms with van der Waals surface area (Å²) in [5, 5.41) is 0.667. The molecule has 142 valence electrons. The van der Waals surface area contributed by atoms with Gasteiger partial charge in [-0.25, -0.2) is 0 Å². The summed E-state index contributed by atoms with van der Waals surface area (Å²) in [7, 11) is 0. The van der Waals surface area contributed by atoms with Crippen LogP contribution in [-0.4, -0.2) is 17.4 Å². The molecule has 0 radical (unpaired) electrons. The third-order valence-electron chi connectivity index (χ3n) is 4.53. The number of aryl methyl sites for hydroxylation is 3. The summed E-state index contributed by atoms with van der Waals surface area (Å²) < 4.78 is 0. The van der Waals surface area contributed by atoms with Crippen molar-refractivity contribution in [1.29, 1.82) is 0 Å². The van der Waals surface area contributed by atoms with Crippen molar-refractivity contribution >= 4 is 35.4 Å². The first-order valence-corrected chi connectivity index (χ1v) is 9.73. The second kappa shape index (κ2) is 9.43. The second-order valence-electron chi connectivity index (χ2n) is 6.80. The maximum absolute atomic E-state index is 6.22. The van der Waals surface area contributed by atoms with E-state index in [2.05, 4.69) is 42.0 Å². The maximum atomic E-state index is 6.22. The van der Waals surface area contributed by atoms with Gasteiger partial charge in [-0.1, -0.05) is 48.0 Å². The van der Waals surface area contributed by atoms with Crippen LogP contribution in [0.2, 0.25) is 5.02 Å². The van der Waals surface area contributed by atoms with Crippen LogP contribution in [0.5, 0.6) is 0 Å². The van der Waals surface area contributed by atoms with Crippen LogP contribution in [0, 0.1) is 20.8 Å². The van der Waals surface area contributed by atoms with Gasteiger partial charge in [0.05, 0.1) is 16.4 Å². The Labute approximate surface area is 171 Å². The van der Waals surface area contributed by atoms with Crippen LogP contribution in [0.25, 0.3) is 0 Å². The number of hydrogen-bond donors (Lipinski definition) is 0. The molecule has 0 unspecified atom stereocenters. The number of hydrogen-bond acceptors (Lipinski definition) is 3. The van der Waals surface area contributed by atoms with Crippen molar-refractivity contribution in [1.82, 2.24) is 4.98 Å². The first kappa shape index (κ1) is 20.0. The third-order valence-corrected chi connectivity index (χ3v) is 4.84. The molecule has 0 saturated heterocycles. The highest BCUT2D eigenvalue weighted by atomic mass is 35.5. The van der Waals surface area contributed by atoms with Crippen LogP contribution in [0.1, 0.15) is 28.1 Å². The lowest BCUT2D eigenvalue weighted by Crippen LogP contribution is -1.97. The quantitative estimate of drug-likeness (QED) is 0.440. The van der Waals surface area contributed by atoms with Gasteiger partial charge >= 0.3 is 0 Å². The predicted octanol–water partition coefficient (Wildman–Crippen LogP) is 6.55. The van der Waals surface area contributed by atoms with E-state index in [1.54, 1.807) is 0 Å². The fourth-order valence-corrected chi connectivity index (χ4v) is 3.28. The molecule has 3 rings (SSSR count). The Morgan fingerprint density at radius 3 is 1.75 bits per heavy atom. The zero-order valence-corrected chi connectivity index (χ0v) is 17.2. The number of halogens is 1. The Hall–Kier alpha value is -2.78. The average molecular weight is 390 g/mol. The van der Waals surface area contributed by atoms with Gasteiger partial charge in [0.25, 0.3) is 0 Å². The highest BCUT2D eigenvalue weighted by molar-refractivity contribution is 6.33. The van der Waals surface area contributed by atoms with Crippen LogP contribution in [0.3, 0.4) is 0 Å². The Balaban J connectivity index is 1.66. The predicted molar refractivity (Wildman–Crippen MR) is 120 cm³/mol. The van der Waals surface area contributed by atoms with Crippen LogP contribution in [0.4, 0.5) is 11.4 Å². The number of aliphatic imine (C=N–C) groups is 2. The van der Waals surface area contributed by atoms with E-state index in [0.717, 1.165) is 28.3 Å². The van der Waals surface area contributed by atoms with Gasteiger partial charge in [-0.05, 0) is 55.7 Å². The minimum atomic E-state index is 0.659. The zero-order valence-electron chi connectivity index (χ0n) is 16.5. The summed E-state index contributed by atoms with van der Waals surface area (Å²) in [5.41, 5.74) is 7.27. The minimum absolute atomic E-state index is 0.659. The Morgan fingerprint density at radius 2 is 1.18 bits per heavy atom. The lowest BCUT2D eigenvalue weighted by molar-refractivity contribution is 1.06. The van der Waals surface area contributed by atoms with Gasteiger partial charge in [0.2, 0.25) is 0 Å². The van der Waals surface area contributed by atoms with Gasteiger partial charge in [-0.15, -0.1) is 0 Å². The van der Waals surface area contributed by atoms with E-state index in [9.17, 15) is 0 Å². The Bertz CT molecular complexity index is 903. The third kappa shape index (κ3) is 5.14. The molecule has 1 heterocycles. The summed E-state index contributed by atoms with van der Waals surface area (Å²) in [5.74, 6) is 0. The highest BCUT2D eigenvalue weighted by Crippen LogP contribution is 2.28. The number of rotatable bonds is 6. The molecule has 28 heavy (non-hydrogen) atoms. The largest absolute Gasteiger partial charge is 0.260 e. The summed E-state index contributed by atoms with van der Waals surface area (Å²) in [6.45, 7) is 6.17. The average Bonchev–Trinajstić information content (AvgIpc) is 2.67. The molecule has 0 aliphatic heterocycles. The van der Waals surface area contributed by atoms with Gasteiger partial charge in [-0.3, -0.25) is 15.0 Å². The molecule has 0 fully saturated rings. The molecule has 0 bridgehead atoms. The molecular formula is C24H24ClN3. The van der Waals surface area contributed by atoms with Crippen LogP contribution in [-0.2, 0) is 12.8 Å². The van der Waals surface area contributed by atoms with Crippen molar-refractivity contribution in [2.75, 3.05) is 0 Å². The highest BCUT2D eigenvalue weighted by Gasteiger charge is 2.02. The maximum Gasteiger partial charge on any atom is 0.0841 e. The molecule has 0 aliphatic rings. The first-order valence-electron chi connectivity index (χ1n) is 9.36. The molecule has 0 spiro atoms. The minimum Gasteiger partial charge on any atom is -0.260 e. The SMILES string of the molecule is Cc1cccc(C)c1N=CCc1cccc(CC=Nc2c(C)cccc2Cl)n1. The molecule has 0 N–H and O–H groups in total. The monoisotopic (exact) mass is 389 g/mol. The van der Waals surface area contributed by atoms with Gasteiger partial charge in [-0.2, -0.15) is 0 Å². The fourth-order valence-electron chi connectivity index (χ4n) is 3.01. The fraction of sp³-hybridized carbons (Fsp3) is 0.208. The number of benzene rings is 2. The van der Waals surface area contributed by atoms with Gasteiger partial charge in [0.1, 0.15) is 0 Å². The van der Waals surface area contributed by atoms with Crippen molar-refractivity contribution in [2.45, 2.75) is 33.6 Å². The number of pyridine rings is 1. The van der Waals surface area contributed by atoms with Crippen molar-refractivity contribution < 1.29 is 0 Å². The van der Waals surface area contributed by atoms with E-state index in [1.165, 1.54) is 11.1 Å². The molecule has 2 aromatic carbocycles. The topological polar surface area (TPSA) is 37.6 Å². The molecule has 1 aromatic heterocycles. The second-order valence-corrected chi connectivity index (χ2v) is 7.20. The number of aromatic nitrogens is 1. The van der Waals surface area contributed by atoms with E-state index in [1.807, 2.05) is 55.8 Å². The molecule has 4 heteroatoms. The Morgan fingerprint density at radius 1 is 0.714 bits per heavy atom. The van der Waals surface area contributed by atoms with Gasteiger partial charge < -0.3 is 0 Å². The first-order chi connectivity index (χ1) is 13.5. The summed E-state index contributed by atoms with van der Waals surface area (Å²) in [6.07, 6.45) is 5.16. The molecule has 0 saturated carbocycles. The number of para-hydroxylation sites is 2. The summed E-state index contributed by atoms with van der Waals surface area (Å²) >= 11 is 6.22. The summed E-state index contributed by atoms with van der Waals surface area (Å²) in [6, 6.07) is 18.1. The molecule has 0 atom stereocenters. The molecule has 0 aliphatic carbocycles. The van der Waals surface area contributed by atoms with E-state index < -0.39 is 0 Å². The lowest BCUT2D eigenvalue weighted by atomic mass is 10.1. The van der Waals surface area contributed by atoms with E-state index >= 15 is 0 Å². The molecule has 0 amide bonds. The zero-order chi connectivity index (χ0) is 19.9. The smallest absolute Gasteiger partial charge is 0.0841 e. The van der Waals surface area contributed by atoms with Gasteiger partial charge in [0, 0.05) is 36.7 Å². The summed E-state index contributed by atoms with van der Waals surface area (Å²) in [4.78, 5) is 13.9. The van der Waals surface area contributed by atoms with Crippen molar-refractivity contribution in [3.05, 3.63) is 87.7 Å². The van der Waals surface area contributed by atoms with Crippen LogP contribution < -0.4 is 0 Å². The van der Waals surface area contributed by atoms with Gasteiger partial charge in [0.15, 0.2) is 0 Å². The van der Waals surface area contributed by atoms with Crippen LogP contribution >= 0.6 is 11.6 Å². The van der Waals surface area contributed by atoms with Crippen LogP contribution in [0.15, 0.2) is 64.6 Å². The lowest BCUT2D eigenvalue weighted by Gasteiger charge is -2.04. The van der Waals surface area contributed by atoms with Crippen molar-refractivity contribution in [3.63, 3.8) is 0 Å². The van der Waals surface area contributed by atoms with Crippen molar-refractivity contribution in [2.24, 2.45) is 9.98 Å². The standard InChI is InChI=1S/C24H24ClN3/c1-17-7-4-8-18(2)23(17)26-15-13-20-10-6-11-21(28-20)14-16-27-24-19(3)9-5-12-22(24)25/h4-12,15-16H,13-14H2,1-3H3. The molecule has 3 aromatic rings. The van der Waals surface area contributed by atoms with E-state index in [-0.39, 0.29) is 0 Å².